The Morgan fingerprint density at radius 3 is 2.42 bits per heavy atom. The highest BCUT2D eigenvalue weighted by Gasteiger charge is 2.20. The third-order valence-corrected chi connectivity index (χ3v) is 3.86. The highest BCUT2D eigenvalue weighted by atomic mass is 16.1. The lowest BCUT2D eigenvalue weighted by molar-refractivity contribution is 0.0926. The van der Waals surface area contributed by atoms with Gasteiger partial charge in [0.15, 0.2) is 0 Å². The first kappa shape index (κ1) is 14.1. The van der Waals surface area contributed by atoms with Crippen LogP contribution in [0.15, 0.2) is 24.3 Å². The lowest BCUT2D eigenvalue weighted by atomic mass is 9.91. The predicted molar refractivity (Wildman–Crippen MR) is 78.1 cm³/mol. The van der Waals surface area contributed by atoms with Crippen LogP contribution in [-0.2, 0) is 6.42 Å². The molecule has 1 aromatic rings. The Balaban J connectivity index is 1.88. The number of benzene rings is 1. The Hall–Kier alpha value is -1.35. The van der Waals surface area contributed by atoms with Gasteiger partial charge in [0.2, 0.25) is 0 Å². The zero-order chi connectivity index (χ0) is 13.7. The second-order valence-electron chi connectivity index (χ2n) is 5.53. The lowest BCUT2D eigenvalue weighted by Crippen LogP contribution is -2.40. The molecule has 1 saturated carbocycles. The van der Waals surface area contributed by atoms with Crippen molar-refractivity contribution in [3.8, 4) is 0 Å². The molecule has 2 rings (SSSR count). The fourth-order valence-corrected chi connectivity index (χ4v) is 2.64. The Bertz CT molecular complexity index is 405. The van der Waals surface area contributed by atoms with Gasteiger partial charge in [-0.2, -0.15) is 0 Å². The van der Waals surface area contributed by atoms with Crippen LogP contribution >= 0.6 is 0 Å². The number of hydrogen-bond donors (Lipinski definition) is 2. The molecule has 3 heteroatoms. The van der Waals surface area contributed by atoms with E-state index >= 15 is 0 Å². The minimum Gasteiger partial charge on any atom is -0.349 e. The van der Waals surface area contributed by atoms with Crippen molar-refractivity contribution >= 4 is 5.91 Å². The minimum absolute atomic E-state index is 0.0449. The number of amides is 1. The fraction of sp³-hybridized carbons (Fsp3) is 0.562. The van der Waals surface area contributed by atoms with E-state index in [0.717, 1.165) is 44.1 Å². The van der Waals surface area contributed by atoms with E-state index in [2.05, 4.69) is 24.4 Å². The van der Waals surface area contributed by atoms with Gasteiger partial charge >= 0.3 is 0 Å². The van der Waals surface area contributed by atoms with Crippen LogP contribution in [0.2, 0.25) is 0 Å². The summed E-state index contributed by atoms with van der Waals surface area (Å²) in [4.78, 5) is 12.1. The Labute approximate surface area is 115 Å². The molecule has 0 aliphatic heterocycles. The number of hydrogen-bond acceptors (Lipinski definition) is 2. The normalized spacial score (nSPS) is 23.1. The maximum Gasteiger partial charge on any atom is 0.251 e. The van der Waals surface area contributed by atoms with Crippen molar-refractivity contribution in [2.45, 2.75) is 57.5 Å². The van der Waals surface area contributed by atoms with Crippen LogP contribution in [0.4, 0.5) is 0 Å². The first-order valence-corrected chi connectivity index (χ1v) is 7.34. The van der Waals surface area contributed by atoms with Crippen molar-refractivity contribution < 1.29 is 4.79 Å². The molecule has 19 heavy (non-hydrogen) atoms. The summed E-state index contributed by atoms with van der Waals surface area (Å²) >= 11 is 0. The number of nitrogens with one attached hydrogen (secondary N) is 1. The molecule has 1 aliphatic carbocycles. The van der Waals surface area contributed by atoms with E-state index in [9.17, 15) is 4.79 Å². The van der Waals surface area contributed by atoms with E-state index in [1.165, 1.54) is 5.56 Å². The van der Waals surface area contributed by atoms with Gasteiger partial charge in [0, 0.05) is 17.6 Å². The second kappa shape index (κ2) is 6.71. The van der Waals surface area contributed by atoms with Gasteiger partial charge in [-0.05, 0) is 49.8 Å². The Morgan fingerprint density at radius 1 is 1.21 bits per heavy atom. The molecule has 0 atom stereocenters. The molecule has 0 aromatic heterocycles. The van der Waals surface area contributed by atoms with E-state index in [-0.39, 0.29) is 5.91 Å². The fourth-order valence-electron chi connectivity index (χ4n) is 2.64. The van der Waals surface area contributed by atoms with Gasteiger partial charge < -0.3 is 11.1 Å². The molecule has 0 unspecified atom stereocenters. The molecular weight excluding hydrogens is 236 g/mol. The molecule has 3 N–H and O–H groups in total. The number of carbonyl (C=O) groups excluding carboxylic acids is 1. The van der Waals surface area contributed by atoms with Crippen molar-refractivity contribution in [1.82, 2.24) is 5.32 Å². The molecule has 1 aliphatic rings. The summed E-state index contributed by atoms with van der Waals surface area (Å²) in [6.45, 7) is 2.16. The first-order valence-electron chi connectivity index (χ1n) is 7.34. The van der Waals surface area contributed by atoms with Crippen molar-refractivity contribution in [1.29, 1.82) is 0 Å². The summed E-state index contributed by atoms with van der Waals surface area (Å²) in [5.74, 6) is 0.0449. The van der Waals surface area contributed by atoms with Gasteiger partial charge in [-0.3, -0.25) is 4.79 Å². The molecule has 0 spiro atoms. The van der Waals surface area contributed by atoms with Crippen LogP contribution in [0, 0.1) is 0 Å². The van der Waals surface area contributed by atoms with Crippen LogP contribution in [-0.4, -0.2) is 18.0 Å². The maximum absolute atomic E-state index is 12.1. The number of rotatable bonds is 4. The van der Waals surface area contributed by atoms with Gasteiger partial charge in [-0.25, -0.2) is 0 Å². The summed E-state index contributed by atoms with van der Waals surface area (Å²) in [6, 6.07) is 8.57. The molecule has 1 aromatic carbocycles. The van der Waals surface area contributed by atoms with Crippen LogP contribution in [0.3, 0.4) is 0 Å². The number of nitrogens with two attached hydrogens (primary N) is 1. The van der Waals surface area contributed by atoms with E-state index in [0.29, 0.717) is 12.1 Å². The van der Waals surface area contributed by atoms with E-state index in [1.54, 1.807) is 0 Å². The molecule has 3 nitrogen and oxygen atoms in total. The smallest absolute Gasteiger partial charge is 0.251 e. The topological polar surface area (TPSA) is 55.1 Å². The van der Waals surface area contributed by atoms with Crippen molar-refractivity contribution in [3.63, 3.8) is 0 Å². The predicted octanol–water partition coefficient (Wildman–Crippen LogP) is 2.64. The third kappa shape index (κ3) is 4.06. The molecule has 104 valence electrons. The SMILES string of the molecule is CCCc1ccc(C(=O)NC2CCC(N)CC2)cc1. The average Bonchev–Trinajstić information content (AvgIpc) is 2.42. The van der Waals surface area contributed by atoms with Crippen LogP contribution in [0.1, 0.15) is 54.9 Å². The van der Waals surface area contributed by atoms with E-state index in [1.807, 2.05) is 12.1 Å². The summed E-state index contributed by atoms with van der Waals surface area (Å²) in [7, 11) is 0. The quantitative estimate of drug-likeness (QED) is 0.874. The average molecular weight is 260 g/mol. The molecule has 0 heterocycles. The molecule has 0 radical (unpaired) electrons. The van der Waals surface area contributed by atoms with Gasteiger partial charge in [-0.15, -0.1) is 0 Å². The zero-order valence-corrected chi connectivity index (χ0v) is 11.7. The van der Waals surface area contributed by atoms with Crippen LogP contribution < -0.4 is 11.1 Å². The molecule has 0 saturated heterocycles. The second-order valence-corrected chi connectivity index (χ2v) is 5.53. The summed E-state index contributed by atoms with van der Waals surface area (Å²) in [5.41, 5.74) is 7.92. The van der Waals surface area contributed by atoms with E-state index in [4.69, 9.17) is 5.73 Å². The highest BCUT2D eigenvalue weighted by molar-refractivity contribution is 5.94. The van der Waals surface area contributed by atoms with Crippen LogP contribution in [0.5, 0.6) is 0 Å². The van der Waals surface area contributed by atoms with Crippen molar-refractivity contribution in [2.24, 2.45) is 5.73 Å². The molecular formula is C16H24N2O. The Morgan fingerprint density at radius 2 is 1.84 bits per heavy atom. The van der Waals surface area contributed by atoms with Gasteiger partial charge in [-0.1, -0.05) is 25.5 Å². The summed E-state index contributed by atoms with van der Waals surface area (Å²) in [6.07, 6.45) is 6.23. The van der Waals surface area contributed by atoms with Crippen molar-refractivity contribution in [3.05, 3.63) is 35.4 Å². The summed E-state index contributed by atoms with van der Waals surface area (Å²) < 4.78 is 0. The molecule has 0 bridgehead atoms. The largest absolute Gasteiger partial charge is 0.349 e. The maximum atomic E-state index is 12.1. The number of aryl methyl sites for hydroxylation is 1. The summed E-state index contributed by atoms with van der Waals surface area (Å²) in [5, 5.41) is 3.11. The van der Waals surface area contributed by atoms with E-state index < -0.39 is 0 Å². The van der Waals surface area contributed by atoms with Gasteiger partial charge in [0.25, 0.3) is 5.91 Å². The molecule has 1 fully saturated rings. The third-order valence-electron chi connectivity index (χ3n) is 3.86. The zero-order valence-electron chi connectivity index (χ0n) is 11.7. The Kier molecular flexibility index (Phi) is 4.97. The molecule has 1 amide bonds. The van der Waals surface area contributed by atoms with Gasteiger partial charge in [0.05, 0.1) is 0 Å². The highest BCUT2D eigenvalue weighted by Crippen LogP contribution is 2.17. The van der Waals surface area contributed by atoms with Gasteiger partial charge in [0.1, 0.15) is 0 Å². The van der Waals surface area contributed by atoms with Crippen LogP contribution in [0.25, 0.3) is 0 Å². The first-order chi connectivity index (χ1) is 9.19. The van der Waals surface area contributed by atoms with Crippen molar-refractivity contribution in [2.75, 3.05) is 0 Å². The lowest BCUT2D eigenvalue weighted by Gasteiger charge is -2.26. The monoisotopic (exact) mass is 260 g/mol. The standard InChI is InChI=1S/C16H24N2O/c1-2-3-12-4-6-13(7-5-12)16(19)18-15-10-8-14(17)9-11-15/h4-7,14-15H,2-3,8-11,17H2,1H3,(H,18,19). The minimum atomic E-state index is 0.0449. The number of carbonyl (C=O) groups is 1.